The first-order chi connectivity index (χ1) is 24.5. The quantitative estimate of drug-likeness (QED) is 0.127. The maximum absolute atomic E-state index is 14.5. The monoisotopic (exact) mass is 711 g/mol. The van der Waals surface area contributed by atoms with Gasteiger partial charge in [0.2, 0.25) is 5.75 Å². The third-order valence-corrected chi connectivity index (χ3v) is 10.2. The topological polar surface area (TPSA) is 126 Å². The summed E-state index contributed by atoms with van der Waals surface area (Å²) in [5.41, 5.74) is 5.41. The van der Waals surface area contributed by atoms with E-state index in [1.807, 2.05) is 55.5 Å². The number of nitrogens with one attached hydrogen (secondary N) is 1. The SMILES string of the molecule is CCN(CC)c1ccc(-c2nc(-c3cc(OC)c(O)c(OC)c3)n(C(=O)NS(=O)(=O)c3ccc(C)cc3)c2-c2ccc(N(CC)CC)cc2)cc1. The standard InChI is InChI=1S/C39H45N5O6S/c1-8-42(9-2)30-18-14-27(15-19-30)35-36(28-16-20-31(21-17-28)43(10-3)11-4)44(39(46)41-51(47,48)32-22-12-26(5)13-23-32)38(40-35)29-24-33(49-6)37(45)34(25-29)50-7/h12-25,45H,8-11H2,1-7H3,(H,41,46). The highest BCUT2D eigenvalue weighted by Crippen LogP contribution is 2.43. The molecule has 5 aromatic rings. The number of methoxy groups -OCH3 is 2. The van der Waals surface area contributed by atoms with Gasteiger partial charge in [0.15, 0.2) is 11.5 Å². The van der Waals surface area contributed by atoms with E-state index in [1.54, 1.807) is 12.1 Å². The summed E-state index contributed by atoms with van der Waals surface area (Å²) >= 11 is 0. The lowest BCUT2D eigenvalue weighted by Crippen LogP contribution is -2.35. The van der Waals surface area contributed by atoms with Crippen LogP contribution in [0.2, 0.25) is 0 Å². The number of carbonyl (C=O) groups excluding carboxylic acids is 1. The van der Waals surface area contributed by atoms with Crippen molar-refractivity contribution in [2.24, 2.45) is 0 Å². The summed E-state index contributed by atoms with van der Waals surface area (Å²) in [6, 6.07) is 24.0. The van der Waals surface area contributed by atoms with Crippen LogP contribution >= 0.6 is 0 Å². The molecule has 12 heteroatoms. The molecule has 4 aromatic carbocycles. The number of carbonyl (C=O) groups is 1. The second kappa shape index (κ2) is 15.6. The lowest BCUT2D eigenvalue weighted by molar-refractivity contribution is 0.248. The number of hydrogen-bond acceptors (Lipinski definition) is 9. The maximum Gasteiger partial charge on any atom is 0.341 e. The van der Waals surface area contributed by atoms with Crippen molar-refractivity contribution in [3.05, 3.63) is 90.5 Å². The first-order valence-corrected chi connectivity index (χ1v) is 18.4. The van der Waals surface area contributed by atoms with Crippen LogP contribution in [0.25, 0.3) is 33.9 Å². The van der Waals surface area contributed by atoms with Crippen molar-refractivity contribution >= 4 is 27.4 Å². The average Bonchev–Trinajstić information content (AvgIpc) is 3.54. The molecule has 5 rings (SSSR count). The Balaban J connectivity index is 1.81. The molecule has 1 aromatic heterocycles. The predicted octanol–water partition coefficient (Wildman–Crippen LogP) is 7.55. The molecule has 0 unspecified atom stereocenters. The highest BCUT2D eigenvalue weighted by Gasteiger charge is 2.29. The van der Waals surface area contributed by atoms with Crippen molar-refractivity contribution in [2.45, 2.75) is 39.5 Å². The molecule has 0 radical (unpaired) electrons. The van der Waals surface area contributed by atoms with Crippen LogP contribution in [0.4, 0.5) is 16.2 Å². The Morgan fingerprint density at radius 2 is 1.22 bits per heavy atom. The number of ether oxygens (including phenoxy) is 2. The zero-order valence-corrected chi connectivity index (χ0v) is 30.9. The fourth-order valence-corrected chi connectivity index (χ4v) is 7.01. The predicted molar refractivity (Wildman–Crippen MR) is 203 cm³/mol. The number of aromatic hydroxyl groups is 1. The number of aromatic nitrogens is 2. The van der Waals surface area contributed by atoms with Gasteiger partial charge in [0.25, 0.3) is 10.0 Å². The molecule has 1 heterocycles. The van der Waals surface area contributed by atoms with Crippen molar-refractivity contribution in [2.75, 3.05) is 50.2 Å². The average molecular weight is 712 g/mol. The van der Waals surface area contributed by atoms with E-state index in [-0.39, 0.29) is 28.0 Å². The molecule has 0 fully saturated rings. The first-order valence-electron chi connectivity index (χ1n) is 16.9. The number of imidazole rings is 1. The minimum Gasteiger partial charge on any atom is -0.502 e. The molecule has 51 heavy (non-hydrogen) atoms. The Hall–Kier alpha value is -5.49. The van der Waals surface area contributed by atoms with E-state index in [2.05, 4.69) is 42.2 Å². The molecule has 0 saturated carbocycles. The minimum absolute atomic E-state index is 0.0616. The third-order valence-electron chi connectivity index (χ3n) is 8.91. The van der Waals surface area contributed by atoms with Gasteiger partial charge in [-0.15, -0.1) is 0 Å². The first kappa shape index (κ1) is 36.8. The summed E-state index contributed by atoms with van der Waals surface area (Å²) in [4.78, 5) is 23.9. The zero-order chi connectivity index (χ0) is 36.9. The van der Waals surface area contributed by atoms with Crippen LogP contribution in [0.15, 0.2) is 89.8 Å². The van der Waals surface area contributed by atoms with Gasteiger partial charge in [0.1, 0.15) is 5.82 Å². The minimum atomic E-state index is -4.31. The molecule has 2 N–H and O–H groups in total. The molecule has 0 atom stereocenters. The lowest BCUT2D eigenvalue weighted by Gasteiger charge is -2.21. The number of nitrogens with zero attached hydrogens (tertiary/aromatic N) is 4. The molecular weight excluding hydrogens is 667 g/mol. The van der Waals surface area contributed by atoms with Gasteiger partial charge in [-0.2, -0.15) is 0 Å². The number of phenolic OH excluding ortho intramolecular Hbond substituents is 1. The number of rotatable bonds is 13. The van der Waals surface area contributed by atoms with Gasteiger partial charge in [0, 0.05) is 54.2 Å². The normalized spacial score (nSPS) is 11.3. The van der Waals surface area contributed by atoms with E-state index < -0.39 is 16.1 Å². The van der Waals surface area contributed by atoms with Crippen LogP contribution in [-0.2, 0) is 10.0 Å². The molecule has 0 saturated heterocycles. The number of sulfonamides is 1. The van der Waals surface area contributed by atoms with E-state index in [1.165, 1.54) is 43.1 Å². The summed E-state index contributed by atoms with van der Waals surface area (Å²) < 4.78 is 41.7. The Morgan fingerprint density at radius 1 is 0.745 bits per heavy atom. The van der Waals surface area contributed by atoms with Crippen molar-refractivity contribution in [1.82, 2.24) is 14.3 Å². The summed E-state index contributed by atoms with van der Waals surface area (Å²) in [7, 11) is -1.51. The van der Waals surface area contributed by atoms with Crippen LogP contribution in [0.1, 0.15) is 33.3 Å². The van der Waals surface area contributed by atoms with Crippen LogP contribution in [0.3, 0.4) is 0 Å². The largest absolute Gasteiger partial charge is 0.502 e. The van der Waals surface area contributed by atoms with Crippen LogP contribution in [0.5, 0.6) is 17.2 Å². The Morgan fingerprint density at radius 3 is 1.67 bits per heavy atom. The van der Waals surface area contributed by atoms with E-state index in [4.69, 9.17) is 14.5 Å². The van der Waals surface area contributed by atoms with Crippen molar-refractivity contribution < 1.29 is 27.8 Å². The second-order valence-corrected chi connectivity index (χ2v) is 13.5. The van der Waals surface area contributed by atoms with Gasteiger partial charge in [-0.1, -0.05) is 42.0 Å². The number of aryl methyl sites for hydroxylation is 1. The molecule has 0 aliphatic heterocycles. The van der Waals surface area contributed by atoms with Gasteiger partial charge in [0.05, 0.1) is 30.5 Å². The number of hydrogen-bond donors (Lipinski definition) is 2. The number of anilines is 2. The molecule has 11 nitrogen and oxygen atoms in total. The number of benzene rings is 4. The van der Waals surface area contributed by atoms with E-state index in [0.29, 0.717) is 28.1 Å². The molecule has 0 spiro atoms. The fraction of sp³-hybridized carbons (Fsp3) is 0.282. The van der Waals surface area contributed by atoms with Crippen LogP contribution < -0.4 is 24.0 Å². The fourth-order valence-electron chi connectivity index (χ4n) is 6.08. The highest BCUT2D eigenvalue weighted by atomic mass is 32.2. The van der Waals surface area contributed by atoms with Gasteiger partial charge >= 0.3 is 6.03 Å². The highest BCUT2D eigenvalue weighted by molar-refractivity contribution is 7.90. The second-order valence-electron chi connectivity index (χ2n) is 11.9. The van der Waals surface area contributed by atoms with Gasteiger partial charge < -0.3 is 24.4 Å². The molecule has 0 bridgehead atoms. The zero-order valence-electron chi connectivity index (χ0n) is 30.1. The number of phenols is 1. The van der Waals surface area contributed by atoms with E-state index in [0.717, 1.165) is 43.1 Å². The van der Waals surface area contributed by atoms with Gasteiger partial charge in [-0.05, 0) is 83.1 Å². The lowest BCUT2D eigenvalue weighted by atomic mass is 10.0. The van der Waals surface area contributed by atoms with E-state index in [9.17, 15) is 18.3 Å². The maximum atomic E-state index is 14.5. The molecule has 0 aliphatic rings. The molecule has 0 aliphatic carbocycles. The molecular formula is C39H45N5O6S. The van der Waals surface area contributed by atoms with Gasteiger partial charge in [-0.3, -0.25) is 0 Å². The smallest absolute Gasteiger partial charge is 0.341 e. The summed E-state index contributed by atoms with van der Waals surface area (Å²) in [6.07, 6.45) is 0. The van der Waals surface area contributed by atoms with Crippen molar-refractivity contribution in [1.29, 1.82) is 0 Å². The van der Waals surface area contributed by atoms with E-state index >= 15 is 0 Å². The number of amides is 1. The Kier molecular flexibility index (Phi) is 11.2. The summed E-state index contributed by atoms with van der Waals surface area (Å²) in [5.74, 6) is 0.0465. The molecule has 268 valence electrons. The van der Waals surface area contributed by atoms with Gasteiger partial charge in [-0.25, -0.2) is 27.5 Å². The summed E-state index contributed by atoms with van der Waals surface area (Å²) in [5, 5.41) is 10.7. The van der Waals surface area contributed by atoms with Crippen LogP contribution in [0, 0.1) is 6.92 Å². The third kappa shape index (κ3) is 7.51. The van der Waals surface area contributed by atoms with Crippen molar-refractivity contribution in [3.63, 3.8) is 0 Å². The Bertz CT molecular complexity index is 2060. The van der Waals surface area contributed by atoms with Crippen molar-refractivity contribution in [3.8, 4) is 51.2 Å². The summed E-state index contributed by atoms with van der Waals surface area (Å²) in [6.45, 7) is 13.5. The van der Waals surface area contributed by atoms with Crippen LogP contribution in [-0.4, -0.2) is 69.5 Å². The molecule has 1 amide bonds. The Labute approximate surface area is 300 Å².